The molecule has 1 aliphatic rings. The number of nitrogens with zero attached hydrogens (tertiary/aromatic N) is 2. The third-order valence-corrected chi connectivity index (χ3v) is 3.47. The largest absolute Gasteiger partial charge is 0.470 e. The van der Waals surface area contributed by atoms with Crippen molar-refractivity contribution in [2.45, 2.75) is 24.6 Å². The van der Waals surface area contributed by atoms with Crippen LogP contribution in [-0.4, -0.2) is 66.8 Å². The number of phosphoric ester groups is 1. The van der Waals surface area contributed by atoms with Gasteiger partial charge in [0.2, 0.25) is 0 Å². The minimum atomic E-state index is -4.99. The summed E-state index contributed by atoms with van der Waals surface area (Å²) in [6.45, 7) is -0.659. The molecule has 0 radical (unpaired) electrons. The van der Waals surface area contributed by atoms with Crippen molar-refractivity contribution in [3.8, 4) is 0 Å². The summed E-state index contributed by atoms with van der Waals surface area (Å²) in [6.07, 6.45) is -5.01. The monoisotopic (exact) mass is 354 g/mol. The zero-order valence-corrected chi connectivity index (χ0v) is 12.3. The molecule has 0 aromatic carbocycles. The van der Waals surface area contributed by atoms with E-state index >= 15 is 0 Å². The molecule has 0 saturated carbocycles. The summed E-state index contributed by atoms with van der Waals surface area (Å²) in [7, 11) is -4.99. The Kier molecular flexibility index (Phi) is 4.91. The van der Waals surface area contributed by atoms with Crippen LogP contribution in [0.5, 0.6) is 0 Å². The van der Waals surface area contributed by atoms with Crippen LogP contribution in [0.15, 0.2) is 6.33 Å². The zero-order valence-electron chi connectivity index (χ0n) is 11.4. The lowest BCUT2D eigenvalue weighted by molar-refractivity contribution is -0.167. The number of hydrogen-bond acceptors (Lipinski definition) is 9. The molecular weight excluding hydrogens is 339 g/mol. The van der Waals surface area contributed by atoms with E-state index in [9.17, 15) is 14.5 Å². The van der Waals surface area contributed by atoms with Crippen LogP contribution < -0.4 is 16.3 Å². The van der Waals surface area contributed by atoms with Crippen LogP contribution >= 0.6 is 7.82 Å². The summed E-state index contributed by atoms with van der Waals surface area (Å²) in [5.74, 6) is -1.22. The van der Waals surface area contributed by atoms with Gasteiger partial charge in [0.15, 0.2) is 17.6 Å². The minimum Gasteiger partial charge on any atom is -0.394 e. The first-order valence-electron chi connectivity index (χ1n) is 6.12. The lowest BCUT2D eigenvalue weighted by Crippen LogP contribution is -2.40. The van der Waals surface area contributed by atoms with Crippen LogP contribution in [0.25, 0.3) is 0 Å². The molecule has 2 heterocycles. The van der Waals surface area contributed by atoms with E-state index in [1.165, 1.54) is 0 Å². The number of hydrogen-bond donors (Lipinski definition) is 6. The fourth-order valence-corrected chi connectivity index (χ4v) is 2.48. The van der Waals surface area contributed by atoms with E-state index in [0.717, 1.165) is 11.1 Å². The predicted molar refractivity (Wildman–Crippen MR) is 70.4 cm³/mol. The molecule has 130 valence electrons. The smallest absolute Gasteiger partial charge is 0.394 e. The fraction of sp³-hybridized carbons (Fsp3) is 0.556. The number of anilines is 1. The van der Waals surface area contributed by atoms with Crippen LogP contribution in [-0.2, 0) is 13.8 Å². The molecule has 1 aliphatic heterocycles. The molecule has 14 heteroatoms. The third-order valence-electron chi connectivity index (χ3n) is 2.96. The molecule has 1 fully saturated rings. The highest BCUT2D eigenvalue weighted by Gasteiger charge is 2.49. The number of primary amides is 1. The van der Waals surface area contributed by atoms with Crippen LogP contribution in [0.3, 0.4) is 0 Å². The van der Waals surface area contributed by atoms with Crippen molar-refractivity contribution in [3.63, 3.8) is 0 Å². The molecule has 8 N–H and O–H groups in total. The maximum atomic E-state index is 11.1. The molecule has 2 rings (SSSR count). The molecule has 0 unspecified atom stereocenters. The maximum Gasteiger partial charge on any atom is 0.470 e. The molecule has 13 nitrogen and oxygen atoms in total. The quantitative estimate of drug-likeness (QED) is 0.276. The number of ether oxygens (including phenoxy) is 1. The number of aliphatic hydroxyl groups is 2. The average molecular weight is 354 g/mol. The normalized spacial score (nSPS) is 28.0. The number of rotatable bonds is 6. The van der Waals surface area contributed by atoms with Gasteiger partial charge in [0.25, 0.3) is 12.2 Å². The zero-order chi connectivity index (χ0) is 17.4. The molecule has 0 spiro atoms. The third kappa shape index (κ3) is 3.79. The van der Waals surface area contributed by atoms with Crippen molar-refractivity contribution in [1.29, 1.82) is 0 Å². The maximum absolute atomic E-state index is 11.1. The average Bonchev–Trinajstić information content (AvgIpc) is 2.93. The number of imidazole rings is 1. The topological polar surface area (TPSA) is 213 Å². The second kappa shape index (κ2) is 6.41. The molecule has 0 bridgehead atoms. The number of carbonyl (C=O) groups is 1. The Labute approximate surface area is 128 Å². The molecule has 1 saturated heterocycles. The van der Waals surface area contributed by atoms with Crippen molar-refractivity contribution >= 4 is 19.5 Å². The number of nitrogen functional groups attached to an aromatic ring is 1. The molecule has 23 heavy (non-hydrogen) atoms. The van der Waals surface area contributed by atoms with Crippen molar-refractivity contribution in [1.82, 2.24) is 9.71 Å². The van der Waals surface area contributed by atoms with Crippen molar-refractivity contribution in [3.05, 3.63) is 12.0 Å². The Morgan fingerprint density at radius 1 is 1.52 bits per heavy atom. The number of phosphoric acid groups is 1. The molecule has 1 aromatic heterocycles. The van der Waals surface area contributed by atoms with E-state index in [-0.39, 0.29) is 11.5 Å². The van der Waals surface area contributed by atoms with Gasteiger partial charge in [-0.3, -0.25) is 9.32 Å². The van der Waals surface area contributed by atoms with Gasteiger partial charge >= 0.3 is 7.82 Å². The fourth-order valence-electron chi connectivity index (χ4n) is 1.94. The van der Waals surface area contributed by atoms with Gasteiger partial charge in [0, 0.05) is 0 Å². The lowest BCUT2D eigenvalue weighted by atomic mass is 10.1. The molecule has 1 aromatic rings. The van der Waals surface area contributed by atoms with Crippen molar-refractivity contribution in [2.24, 2.45) is 5.73 Å². The van der Waals surface area contributed by atoms with E-state index in [2.05, 4.69) is 9.51 Å². The molecule has 0 aliphatic carbocycles. The van der Waals surface area contributed by atoms with Gasteiger partial charge in [-0.15, -0.1) is 0 Å². The van der Waals surface area contributed by atoms with E-state index in [4.69, 9.17) is 35.9 Å². The van der Waals surface area contributed by atoms with Gasteiger partial charge in [0.05, 0.1) is 6.61 Å². The molecule has 4 atom stereocenters. The minimum absolute atomic E-state index is 0.294. The SMILES string of the molecule is NC(=O)c1ncn(O[C@@H]2O[C@H](CO)[C@@H](O)[C@H]2OP(=O)(O)O)c1N. The summed E-state index contributed by atoms with van der Waals surface area (Å²) in [5, 5.41) is 18.9. The standard InChI is InChI=1S/C9H15N4O9P/c10-7-4(8(11)16)12-2-13(7)21-9-6(22-23(17,18)19)5(15)3(1-14)20-9/h2-3,5-6,9,14-15H,1,10H2,(H2,11,16)(H2,17,18,19)/t3-,5-,6-,9+/m1/s1. The summed E-state index contributed by atoms with van der Waals surface area (Å²) in [6, 6.07) is 0. The number of nitrogens with two attached hydrogens (primary N) is 2. The van der Waals surface area contributed by atoms with Gasteiger partial charge in [-0.2, -0.15) is 4.73 Å². The Morgan fingerprint density at radius 2 is 2.17 bits per heavy atom. The van der Waals surface area contributed by atoms with Gasteiger partial charge in [-0.25, -0.2) is 9.55 Å². The first-order chi connectivity index (χ1) is 10.6. The van der Waals surface area contributed by atoms with Gasteiger partial charge in [-0.1, -0.05) is 0 Å². The van der Waals surface area contributed by atoms with Gasteiger partial charge in [-0.05, 0) is 0 Å². The Hall–Kier alpha value is -1.73. The summed E-state index contributed by atoms with van der Waals surface area (Å²) in [4.78, 5) is 37.5. The highest BCUT2D eigenvalue weighted by molar-refractivity contribution is 7.46. The van der Waals surface area contributed by atoms with Crippen molar-refractivity contribution in [2.75, 3.05) is 12.3 Å². The van der Waals surface area contributed by atoms with Crippen LogP contribution in [0, 0.1) is 0 Å². The second-order valence-electron chi connectivity index (χ2n) is 4.55. The highest BCUT2D eigenvalue weighted by atomic mass is 31.2. The van der Waals surface area contributed by atoms with Gasteiger partial charge < -0.3 is 41.0 Å². The first kappa shape index (κ1) is 17.6. The van der Waals surface area contributed by atoms with E-state index < -0.39 is 44.9 Å². The number of aromatic nitrogens is 2. The highest BCUT2D eigenvalue weighted by Crippen LogP contribution is 2.41. The lowest BCUT2D eigenvalue weighted by Gasteiger charge is -2.21. The number of carbonyl (C=O) groups excluding carboxylic acids is 1. The Balaban J connectivity index is 2.22. The summed E-state index contributed by atoms with van der Waals surface area (Å²) in [5.41, 5.74) is 10.3. The van der Waals surface area contributed by atoms with E-state index in [1.54, 1.807) is 0 Å². The summed E-state index contributed by atoms with van der Waals surface area (Å²) >= 11 is 0. The van der Waals surface area contributed by atoms with Crippen LogP contribution in [0.1, 0.15) is 10.5 Å². The van der Waals surface area contributed by atoms with Gasteiger partial charge in [0.1, 0.15) is 18.5 Å². The second-order valence-corrected chi connectivity index (χ2v) is 5.74. The van der Waals surface area contributed by atoms with Crippen LogP contribution in [0.2, 0.25) is 0 Å². The first-order valence-corrected chi connectivity index (χ1v) is 7.65. The summed E-state index contributed by atoms with van der Waals surface area (Å²) < 4.78 is 21.2. The molecular formula is C9H15N4O9P. The predicted octanol–water partition coefficient (Wildman–Crippen LogP) is -3.45. The Morgan fingerprint density at radius 3 is 2.65 bits per heavy atom. The van der Waals surface area contributed by atoms with Crippen molar-refractivity contribution < 1.29 is 43.5 Å². The van der Waals surface area contributed by atoms with E-state index in [0.29, 0.717) is 0 Å². The van der Waals surface area contributed by atoms with E-state index in [1.807, 2.05) is 0 Å². The number of amides is 1. The van der Waals surface area contributed by atoms with Crippen LogP contribution in [0.4, 0.5) is 5.82 Å². The number of aliphatic hydroxyl groups excluding tert-OH is 2. The Bertz CT molecular complexity index is 631. The molecule has 1 amide bonds.